The Morgan fingerprint density at radius 2 is 2.21 bits per heavy atom. The minimum absolute atomic E-state index is 0.0987. The molecule has 1 fully saturated rings. The Labute approximate surface area is 147 Å². The molecule has 2 aromatic heterocycles. The molecule has 1 aliphatic carbocycles. The SMILES string of the molecule is O=C(CCCc1cccs1)NCc1ccnc(OC2CCCC2)c1. The Bertz CT molecular complexity index is 637. The first kappa shape index (κ1) is 17.0. The minimum atomic E-state index is 0.0987. The second kappa shape index (κ2) is 8.83. The molecule has 1 amide bonds. The number of aromatic nitrogens is 1. The molecule has 0 bridgehead atoms. The fraction of sp³-hybridized carbons (Fsp3) is 0.474. The van der Waals surface area contributed by atoms with Crippen LogP contribution in [0.4, 0.5) is 0 Å². The fourth-order valence-corrected chi connectivity index (χ4v) is 3.72. The Hall–Kier alpha value is -1.88. The van der Waals surface area contributed by atoms with Gasteiger partial charge in [0.15, 0.2) is 0 Å². The fourth-order valence-electron chi connectivity index (χ4n) is 2.97. The molecule has 1 N–H and O–H groups in total. The lowest BCUT2D eigenvalue weighted by Gasteiger charge is -2.13. The van der Waals surface area contributed by atoms with Crippen LogP contribution in [0.1, 0.15) is 49.0 Å². The van der Waals surface area contributed by atoms with Crippen molar-refractivity contribution in [3.63, 3.8) is 0 Å². The molecular weight excluding hydrogens is 320 g/mol. The molecule has 2 aromatic rings. The maximum atomic E-state index is 12.0. The van der Waals surface area contributed by atoms with E-state index in [1.165, 1.54) is 17.7 Å². The molecule has 0 atom stereocenters. The highest BCUT2D eigenvalue weighted by molar-refractivity contribution is 7.09. The number of ether oxygens (including phenoxy) is 1. The molecule has 1 saturated carbocycles. The van der Waals surface area contributed by atoms with E-state index in [1.807, 2.05) is 12.1 Å². The van der Waals surface area contributed by atoms with Gasteiger partial charge in [-0.2, -0.15) is 0 Å². The van der Waals surface area contributed by atoms with Crippen LogP contribution in [0.15, 0.2) is 35.8 Å². The van der Waals surface area contributed by atoms with E-state index in [-0.39, 0.29) is 5.91 Å². The lowest BCUT2D eigenvalue weighted by Crippen LogP contribution is -2.22. The third-order valence-electron chi connectivity index (χ3n) is 4.29. The smallest absolute Gasteiger partial charge is 0.220 e. The largest absolute Gasteiger partial charge is 0.474 e. The number of hydrogen-bond acceptors (Lipinski definition) is 4. The van der Waals surface area contributed by atoms with Crippen molar-refractivity contribution in [2.75, 3.05) is 0 Å². The van der Waals surface area contributed by atoms with E-state index in [0.717, 1.165) is 31.2 Å². The van der Waals surface area contributed by atoms with Gasteiger partial charge in [-0.05, 0) is 61.6 Å². The van der Waals surface area contributed by atoms with Gasteiger partial charge in [0.25, 0.3) is 0 Å². The van der Waals surface area contributed by atoms with E-state index in [4.69, 9.17) is 4.74 Å². The molecule has 0 aliphatic heterocycles. The van der Waals surface area contributed by atoms with Gasteiger partial charge < -0.3 is 10.1 Å². The second-order valence-corrected chi connectivity index (χ2v) is 7.27. The number of nitrogens with one attached hydrogen (secondary N) is 1. The molecular formula is C19H24N2O2S. The first-order valence-corrected chi connectivity index (χ1v) is 9.58. The number of aryl methyl sites for hydroxylation is 1. The van der Waals surface area contributed by atoms with E-state index >= 15 is 0 Å². The lowest BCUT2D eigenvalue weighted by molar-refractivity contribution is -0.121. The molecule has 0 spiro atoms. The van der Waals surface area contributed by atoms with Crippen molar-refractivity contribution >= 4 is 17.2 Å². The summed E-state index contributed by atoms with van der Waals surface area (Å²) < 4.78 is 5.91. The summed E-state index contributed by atoms with van der Waals surface area (Å²) in [5, 5.41) is 5.05. The molecule has 128 valence electrons. The zero-order valence-corrected chi connectivity index (χ0v) is 14.7. The van der Waals surface area contributed by atoms with Gasteiger partial charge in [-0.25, -0.2) is 4.98 Å². The average molecular weight is 344 g/mol. The van der Waals surface area contributed by atoms with Crippen molar-refractivity contribution in [3.8, 4) is 5.88 Å². The summed E-state index contributed by atoms with van der Waals surface area (Å²) in [6, 6.07) is 8.03. The molecule has 0 radical (unpaired) electrons. The van der Waals surface area contributed by atoms with Crippen LogP contribution in [0.5, 0.6) is 5.88 Å². The summed E-state index contributed by atoms with van der Waals surface area (Å²) in [6.45, 7) is 0.529. The third-order valence-corrected chi connectivity index (χ3v) is 5.22. The highest BCUT2D eigenvalue weighted by Gasteiger charge is 2.17. The van der Waals surface area contributed by atoms with Crippen LogP contribution in [0.25, 0.3) is 0 Å². The van der Waals surface area contributed by atoms with Crippen LogP contribution in [0, 0.1) is 0 Å². The van der Waals surface area contributed by atoms with E-state index in [2.05, 4.69) is 27.8 Å². The number of rotatable bonds is 8. The molecule has 0 aromatic carbocycles. The Balaban J connectivity index is 1.39. The maximum absolute atomic E-state index is 12.0. The average Bonchev–Trinajstić information content (AvgIpc) is 3.27. The van der Waals surface area contributed by atoms with Gasteiger partial charge in [0, 0.05) is 30.1 Å². The quantitative estimate of drug-likeness (QED) is 0.784. The summed E-state index contributed by atoms with van der Waals surface area (Å²) in [4.78, 5) is 17.6. The number of hydrogen-bond donors (Lipinski definition) is 1. The number of thiophene rings is 1. The number of amides is 1. The molecule has 5 heteroatoms. The molecule has 1 aliphatic rings. The number of carbonyl (C=O) groups is 1. The molecule has 24 heavy (non-hydrogen) atoms. The van der Waals surface area contributed by atoms with Crippen molar-refractivity contribution in [1.82, 2.24) is 10.3 Å². The topological polar surface area (TPSA) is 51.2 Å². The standard InChI is InChI=1S/C19H24N2O2S/c22-18(9-3-7-17-8-4-12-24-17)21-14-15-10-11-20-19(13-15)23-16-5-1-2-6-16/h4,8,10-13,16H,1-3,5-7,9,14H2,(H,21,22). The van der Waals surface area contributed by atoms with Gasteiger partial charge in [0.2, 0.25) is 11.8 Å². The van der Waals surface area contributed by atoms with Gasteiger partial charge in [-0.3, -0.25) is 4.79 Å². The predicted molar refractivity (Wildman–Crippen MR) is 96.2 cm³/mol. The Morgan fingerprint density at radius 3 is 3.00 bits per heavy atom. The Kier molecular flexibility index (Phi) is 6.24. The summed E-state index contributed by atoms with van der Waals surface area (Å²) >= 11 is 1.75. The van der Waals surface area contributed by atoms with Crippen molar-refractivity contribution in [2.24, 2.45) is 0 Å². The first-order valence-electron chi connectivity index (χ1n) is 8.70. The first-order chi connectivity index (χ1) is 11.8. The minimum Gasteiger partial charge on any atom is -0.474 e. The van der Waals surface area contributed by atoms with Gasteiger partial charge >= 0.3 is 0 Å². The third kappa shape index (κ3) is 5.34. The molecule has 4 nitrogen and oxygen atoms in total. The van der Waals surface area contributed by atoms with Crippen LogP contribution in [0.2, 0.25) is 0 Å². The van der Waals surface area contributed by atoms with E-state index in [1.54, 1.807) is 17.5 Å². The molecule has 3 rings (SSSR count). The van der Waals surface area contributed by atoms with Gasteiger partial charge in [-0.1, -0.05) is 6.07 Å². The van der Waals surface area contributed by atoms with E-state index in [9.17, 15) is 4.79 Å². The maximum Gasteiger partial charge on any atom is 0.220 e. The molecule has 0 unspecified atom stereocenters. The van der Waals surface area contributed by atoms with Gasteiger partial charge in [0.1, 0.15) is 6.10 Å². The summed E-state index contributed by atoms with van der Waals surface area (Å²) in [5.41, 5.74) is 1.03. The summed E-state index contributed by atoms with van der Waals surface area (Å²) in [7, 11) is 0. The predicted octanol–water partition coefficient (Wildman–Crippen LogP) is 4.10. The normalized spacial score (nSPS) is 14.7. The van der Waals surface area contributed by atoms with Crippen LogP contribution >= 0.6 is 11.3 Å². The van der Waals surface area contributed by atoms with Crippen molar-refractivity contribution < 1.29 is 9.53 Å². The molecule has 0 saturated heterocycles. The summed E-state index contributed by atoms with van der Waals surface area (Å²) in [6.07, 6.45) is 9.20. The zero-order chi connectivity index (χ0) is 16.6. The van der Waals surface area contributed by atoms with Crippen LogP contribution < -0.4 is 10.1 Å². The Morgan fingerprint density at radius 1 is 1.33 bits per heavy atom. The van der Waals surface area contributed by atoms with Gasteiger partial charge in [-0.15, -0.1) is 11.3 Å². The van der Waals surface area contributed by atoms with Crippen LogP contribution in [-0.4, -0.2) is 17.0 Å². The highest BCUT2D eigenvalue weighted by atomic mass is 32.1. The summed E-state index contributed by atoms with van der Waals surface area (Å²) in [5.74, 6) is 0.771. The number of pyridine rings is 1. The number of carbonyl (C=O) groups excluding carboxylic acids is 1. The highest BCUT2D eigenvalue weighted by Crippen LogP contribution is 2.23. The number of nitrogens with zero attached hydrogens (tertiary/aromatic N) is 1. The van der Waals surface area contributed by atoms with Crippen molar-refractivity contribution in [1.29, 1.82) is 0 Å². The van der Waals surface area contributed by atoms with Crippen LogP contribution in [-0.2, 0) is 17.8 Å². The van der Waals surface area contributed by atoms with Crippen molar-refractivity contribution in [3.05, 3.63) is 46.3 Å². The zero-order valence-electron chi connectivity index (χ0n) is 13.9. The monoisotopic (exact) mass is 344 g/mol. The molecule has 2 heterocycles. The second-order valence-electron chi connectivity index (χ2n) is 6.24. The van der Waals surface area contributed by atoms with Gasteiger partial charge in [0.05, 0.1) is 0 Å². The van der Waals surface area contributed by atoms with Crippen LogP contribution in [0.3, 0.4) is 0 Å². The van der Waals surface area contributed by atoms with E-state index < -0.39 is 0 Å². The lowest BCUT2D eigenvalue weighted by atomic mass is 10.2. The van der Waals surface area contributed by atoms with Crippen molar-refractivity contribution in [2.45, 2.75) is 57.6 Å². The van der Waals surface area contributed by atoms with E-state index in [0.29, 0.717) is 24.9 Å².